The van der Waals surface area contributed by atoms with E-state index in [0.29, 0.717) is 12.0 Å². The van der Waals surface area contributed by atoms with E-state index in [1.165, 1.54) is 6.07 Å². The monoisotopic (exact) mass is 211 g/mol. The maximum Gasteiger partial charge on any atom is 0.264 e. The van der Waals surface area contributed by atoms with E-state index >= 15 is 0 Å². The fourth-order valence-corrected chi connectivity index (χ4v) is 2.12. The number of rotatable bonds is 3. The SMILES string of the molecule is CCc1ccccc1S(=O)(=O)N=[N+]=[N-]. The van der Waals surface area contributed by atoms with Crippen molar-refractivity contribution in [2.75, 3.05) is 0 Å². The molecular weight excluding hydrogens is 202 g/mol. The molecule has 14 heavy (non-hydrogen) atoms. The molecule has 1 aromatic carbocycles. The molecule has 74 valence electrons. The Bertz CT molecular complexity index is 475. The van der Waals surface area contributed by atoms with Crippen LogP contribution in [0.2, 0.25) is 0 Å². The molecule has 0 saturated heterocycles. The highest BCUT2D eigenvalue weighted by Crippen LogP contribution is 2.18. The number of hydrogen-bond donors (Lipinski definition) is 0. The second kappa shape index (κ2) is 4.13. The quantitative estimate of drug-likeness (QED) is 0.436. The Hall–Kier alpha value is -1.52. The molecule has 5 nitrogen and oxygen atoms in total. The molecule has 0 aliphatic heterocycles. The molecule has 0 aliphatic rings. The van der Waals surface area contributed by atoms with Crippen LogP contribution >= 0.6 is 0 Å². The van der Waals surface area contributed by atoms with Crippen LogP contribution in [0, 0.1) is 0 Å². The van der Waals surface area contributed by atoms with E-state index in [9.17, 15) is 8.42 Å². The third-order valence-electron chi connectivity index (χ3n) is 1.78. The van der Waals surface area contributed by atoms with Crippen molar-refractivity contribution in [3.8, 4) is 0 Å². The van der Waals surface area contributed by atoms with Crippen molar-refractivity contribution in [3.05, 3.63) is 40.3 Å². The zero-order valence-electron chi connectivity index (χ0n) is 7.58. The summed E-state index contributed by atoms with van der Waals surface area (Å²) in [5.74, 6) is 0. The molecule has 0 aromatic heterocycles. The topological polar surface area (TPSA) is 82.9 Å². The summed E-state index contributed by atoms with van der Waals surface area (Å²) in [4.78, 5) is 2.38. The lowest BCUT2D eigenvalue weighted by Gasteiger charge is -2.03. The molecule has 0 amide bonds. The van der Waals surface area contributed by atoms with Crippen molar-refractivity contribution in [1.29, 1.82) is 0 Å². The molecule has 0 N–H and O–H groups in total. The largest absolute Gasteiger partial charge is 0.264 e. The van der Waals surface area contributed by atoms with Crippen LogP contribution in [-0.4, -0.2) is 8.42 Å². The van der Waals surface area contributed by atoms with Gasteiger partial charge < -0.3 is 0 Å². The molecular formula is C8H9N3O2S. The van der Waals surface area contributed by atoms with E-state index in [4.69, 9.17) is 5.53 Å². The smallest absolute Gasteiger partial charge is 0.216 e. The Labute approximate surface area is 82.1 Å². The van der Waals surface area contributed by atoms with E-state index in [1.807, 2.05) is 6.92 Å². The van der Waals surface area contributed by atoms with Crippen LogP contribution in [0.3, 0.4) is 0 Å². The summed E-state index contributed by atoms with van der Waals surface area (Å²) >= 11 is 0. The van der Waals surface area contributed by atoms with Crippen LogP contribution < -0.4 is 0 Å². The van der Waals surface area contributed by atoms with Gasteiger partial charge in [-0.15, -0.1) is 0 Å². The predicted octanol–water partition coefficient (Wildman–Crippen LogP) is 2.25. The molecule has 0 unspecified atom stereocenters. The summed E-state index contributed by atoms with van der Waals surface area (Å²) in [6, 6.07) is 6.47. The highest BCUT2D eigenvalue weighted by molar-refractivity contribution is 7.90. The fraction of sp³-hybridized carbons (Fsp3) is 0.250. The third-order valence-corrected chi connectivity index (χ3v) is 3.02. The van der Waals surface area contributed by atoms with Crippen LogP contribution in [0.1, 0.15) is 12.5 Å². The van der Waals surface area contributed by atoms with E-state index in [1.54, 1.807) is 18.2 Å². The van der Waals surface area contributed by atoms with E-state index < -0.39 is 10.0 Å². The normalized spacial score (nSPS) is 10.6. The highest BCUT2D eigenvalue weighted by atomic mass is 32.2. The fourth-order valence-electron chi connectivity index (χ4n) is 1.14. The zero-order chi connectivity index (χ0) is 10.6. The van der Waals surface area contributed by atoms with Crippen molar-refractivity contribution < 1.29 is 8.42 Å². The van der Waals surface area contributed by atoms with Crippen molar-refractivity contribution in [2.24, 2.45) is 4.52 Å². The lowest BCUT2D eigenvalue weighted by atomic mass is 10.2. The van der Waals surface area contributed by atoms with Gasteiger partial charge in [0.05, 0.1) is 4.90 Å². The van der Waals surface area contributed by atoms with Gasteiger partial charge in [-0.05, 0) is 23.6 Å². The molecule has 0 aliphatic carbocycles. The number of hydrogen-bond acceptors (Lipinski definition) is 2. The lowest BCUT2D eigenvalue weighted by Crippen LogP contribution is -1.99. The Morgan fingerprint density at radius 1 is 1.43 bits per heavy atom. The average molecular weight is 211 g/mol. The maximum absolute atomic E-state index is 11.4. The predicted molar refractivity (Wildman–Crippen MR) is 52.2 cm³/mol. The van der Waals surface area contributed by atoms with E-state index in [-0.39, 0.29) is 4.90 Å². The van der Waals surface area contributed by atoms with Gasteiger partial charge in [0, 0.05) is 9.43 Å². The van der Waals surface area contributed by atoms with Gasteiger partial charge in [0.2, 0.25) is 0 Å². The minimum Gasteiger partial charge on any atom is -0.216 e. The molecule has 0 bridgehead atoms. The Morgan fingerprint density at radius 2 is 2.07 bits per heavy atom. The van der Waals surface area contributed by atoms with Gasteiger partial charge in [-0.1, -0.05) is 25.1 Å². The van der Waals surface area contributed by atoms with Gasteiger partial charge in [0.15, 0.2) is 0 Å². The van der Waals surface area contributed by atoms with Crippen LogP contribution in [0.15, 0.2) is 33.7 Å². The van der Waals surface area contributed by atoms with Crippen LogP contribution in [0.25, 0.3) is 10.4 Å². The summed E-state index contributed by atoms with van der Waals surface area (Å²) in [5, 5.41) is 0. The number of benzene rings is 1. The number of aryl methyl sites for hydroxylation is 1. The summed E-state index contributed by atoms with van der Waals surface area (Å²) < 4.78 is 25.6. The minimum absolute atomic E-state index is 0.0836. The van der Waals surface area contributed by atoms with Gasteiger partial charge in [-0.3, -0.25) is 0 Å². The summed E-state index contributed by atoms with van der Waals surface area (Å²) in [5.41, 5.74) is 8.76. The molecule has 0 heterocycles. The number of sulfonamides is 1. The molecule has 0 atom stereocenters. The molecule has 0 spiro atoms. The second-order valence-corrected chi connectivity index (χ2v) is 4.16. The maximum atomic E-state index is 11.4. The van der Waals surface area contributed by atoms with Gasteiger partial charge in [0.25, 0.3) is 10.0 Å². The van der Waals surface area contributed by atoms with Gasteiger partial charge in [-0.2, -0.15) is 0 Å². The van der Waals surface area contributed by atoms with Crippen LogP contribution in [0.5, 0.6) is 0 Å². The molecule has 1 aromatic rings. The lowest BCUT2D eigenvalue weighted by molar-refractivity contribution is 0.596. The van der Waals surface area contributed by atoms with E-state index in [2.05, 4.69) is 9.43 Å². The summed E-state index contributed by atoms with van der Waals surface area (Å²) in [7, 11) is -3.84. The highest BCUT2D eigenvalue weighted by Gasteiger charge is 2.14. The second-order valence-electron chi connectivity index (χ2n) is 2.61. The molecule has 6 heteroatoms. The van der Waals surface area contributed by atoms with Gasteiger partial charge in [0.1, 0.15) is 0 Å². The van der Waals surface area contributed by atoms with E-state index in [0.717, 1.165) is 0 Å². The molecule has 0 radical (unpaired) electrons. The summed E-state index contributed by atoms with van der Waals surface area (Å²) in [6.45, 7) is 1.84. The Balaban J connectivity index is 3.39. The minimum atomic E-state index is -3.84. The van der Waals surface area contributed by atoms with Crippen molar-refractivity contribution >= 4 is 10.0 Å². The molecule has 0 saturated carbocycles. The first-order valence-electron chi connectivity index (χ1n) is 4.01. The number of nitrogens with zero attached hydrogens (tertiary/aromatic N) is 3. The first-order valence-corrected chi connectivity index (χ1v) is 5.45. The standard InChI is InChI=1S/C8H9N3O2S/c1-2-7-5-3-4-6-8(7)14(12,13)11-10-9/h3-6H,2H2,1H3. The Kier molecular flexibility index (Phi) is 3.11. The first-order chi connectivity index (χ1) is 6.61. The van der Waals surface area contributed by atoms with Crippen LogP contribution in [-0.2, 0) is 16.4 Å². The van der Waals surface area contributed by atoms with Gasteiger partial charge >= 0.3 is 0 Å². The third kappa shape index (κ3) is 2.04. The van der Waals surface area contributed by atoms with Crippen molar-refractivity contribution in [2.45, 2.75) is 18.2 Å². The van der Waals surface area contributed by atoms with Gasteiger partial charge in [-0.25, -0.2) is 8.42 Å². The molecule has 0 fully saturated rings. The Morgan fingerprint density at radius 3 is 2.64 bits per heavy atom. The van der Waals surface area contributed by atoms with Crippen molar-refractivity contribution in [1.82, 2.24) is 0 Å². The first kappa shape index (κ1) is 10.6. The van der Waals surface area contributed by atoms with Crippen molar-refractivity contribution in [3.63, 3.8) is 0 Å². The number of azide groups is 1. The average Bonchev–Trinajstić information content (AvgIpc) is 2.18. The summed E-state index contributed by atoms with van der Waals surface area (Å²) in [6.07, 6.45) is 0.580. The van der Waals surface area contributed by atoms with Crippen LogP contribution in [0.4, 0.5) is 0 Å². The zero-order valence-corrected chi connectivity index (χ0v) is 8.40. The molecule has 1 rings (SSSR count).